The summed E-state index contributed by atoms with van der Waals surface area (Å²) in [5, 5.41) is 12.4. The van der Waals surface area contributed by atoms with Crippen molar-refractivity contribution in [3.63, 3.8) is 0 Å². The van der Waals surface area contributed by atoms with Crippen molar-refractivity contribution in [2.75, 3.05) is 18.0 Å². The summed E-state index contributed by atoms with van der Waals surface area (Å²) in [6.45, 7) is 8.72. The van der Waals surface area contributed by atoms with Crippen LogP contribution in [0, 0.1) is 6.92 Å². The van der Waals surface area contributed by atoms with Crippen molar-refractivity contribution >= 4 is 22.5 Å². The first-order valence-corrected chi connectivity index (χ1v) is 11.9. The molecule has 0 fully saturated rings. The zero-order chi connectivity index (χ0) is 22.4. The average molecular weight is 432 g/mol. The fourth-order valence-electron chi connectivity index (χ4n) is 5.52. The largest absolute Gasteiger partial charge is 0.387 e. The van der Waals surface area contributed by atoms with Gasteiger partial charge in [-0.1, -0.05) is 37.3 Å². The van der Waals surface area contributed by atoms with Crippen LogP contribution in [0.1, 0.15) is 60.7 Å². The van der Waals surface area contributed by atoms with Gasteiger partial charge in [0.15, 0.2) is 0 Å². The maximum Gasteiger partial charge on any atom is 0.227 e. The number of amides is 1. The van der Waals surface area contributed by atoms with Gasteiger partial charge in [-0.3, -0.25) is 9.69 Å². The van der Waals surface area contributed by atoms with Crippen LogP contribution < -0.4 is 4.90 Å². The van der Waals surface area contributed by atoms with E-state index in [1.165, 1.54) is 33.3 Å². The molecule has 0 aliphatic carbocycles. The van der Waals surface area contributed by atoms with Gasteiger partial charge in [-0.2, -0.15) is 0 Å². The molecule has 3 heterocycles. The number of carbonyl (C=O) groups is 1. The molecule has 5 heteroatoms. The zero-order valence-electron chi connectivity index (χ0n) is 19.3. The number of aryl methyl sites for hydroxylation is 1. The highest BCUT2D eigenvalue weighted by Crippen LogP contribution is 2.35. The van der Waals surface area contributed by atoms with Gasteiger partial charge in [0.1, 0.15) is 0 Å². The fourth-order valence-corrected chi connectivity index (χ4v) is 5.52. The van der Waals surface area contributed by atoms with Crippen molar-refractivity contribution in [3.8, 4) is 0 Å². The number of nitrogens with zero attached hydrogens (tertiary/aromatic N) is 2. The predicted molar refractivity (Wildman–Crippen MR) is 129 cm³/mol. The monoisotopic (exact) mass is 431 g/mol. The molecule has 2 N–H and O–H groups in total. The van der Waals surface area contributed by atoms with Crippen molar-refractivity contribution in [2.45, 2.75) is 65.1 Å². The molecule has 5 nitrogen and oxygen atoms in total. The summed E-state index contributed by atoms with van der Waals surface area (Å²) in [6.07, 6.45) is 2.74. The number of rotatable bonds is 5. The van der Waals surface area contributed by atoms with E-state index in [1.54, 1.807) is 0 Å². The second kappa shape index (κ2) is 8.38. The number of anilines is 1. The van der Waals surface area contributed by atoms with Gasteiger partial charge in [0.2, 0.25) is 5.91 Å². The lowest BCUT2D eigenvalue weighted by atomic mass is 10.0. The van der Waals surface area contributed by atoms with E-state index in [-0.39, 0.29) is 11.9 Å². The molecular formula is C27H33N3O2. The molecule has 0 saturated carbocycles. The van der Waals surface area contributed by atoms with E-state index in [0.717, 1.165) is 43.6 Å². The minimum absolute atomic E-state index is 0.183. The minimum atomic E-state index is -0.538. The van der Waals surface area contributed by atoms with Crippen LogP contribution in [0.3, 0.4) is 0 Å². The van der Waals surface area contributed by atoms with E-state index in [1.807, 2.05) is 24.0 Å². The number of nitrogens with one attached hydrogen (secondary N) is 1. The Bertz CT molecular complexity index is 1170. The number of aliphatic hydroxyl groups excluding tert-OH is 1. The average Bonchev–Trinajstić information content (AvgIpc) is 3.31. The van der Waals surface area contributed by atoms with E-state index < -0.39 is 6.10 Å². The van der Waals surface area contributed by atoms with Gasteiger partial charge in [0, 0.05) is 60.8 Å². The van der Waals surface area contributed by atoms with Crippen LogP contribution in [0.5, 0.6) is 0 Å². The highest BCUT2D eigenvalue weighted by molar-refractivity contribution is 5.96. The second-order valence-corrected chi connectivity index (χ2v) is 9.54. The molecule has 168 valence electrons. The summed E-state index contributed by atoms with van der Waals surface area (Å²) in [5.74, 6) is 0.199. The van der Waals surface area contributed by atoms with Crippen LogP contribution in [0.2, 0.25) is 0 Å². The van der Waals surface area contributed by atoms with Gasteiger partial charge in [-0.15, -0.1) is 0 Å². The first-order valence-electron chi connectivity index (χ1n) is 11.9. The maximum absolute atomic E-state index is 12.6. The molecule has 2 aliphatic rings. The number of aromatic amines is 1. The Kier molecular flexibility index (Phi) is 5.56. The third kappa shape index (κ3) is 3.63. The minimum Gasteiger partial charge on any atom is -0.387 e. The van der Waals surface area contributed by atoms with E-state index in [0.29, 0.717) is 13.0 Å². The van der Waals surface area contributed by atoms with Gasteiger partial charge in [0.25, 0.3) is 0 Å². The quantitative estimate of drug-likeness (QED) is 0.618. The van der Waals surface area contributed by atoms with Crippen LogP contribution in [0.15, 0.2) is 36.4 Å². The van der Waals surface area contributed by atoms with Crippen LogP contribution in [0.4, 0.5) is 5.69 Å². The molecule has 0 bridgehead atoms. The van der Waals surface area contributed by atoms with Crippen molar-refractivity contribution in [1.82, 2.24) is 9.88 Å². The summed E-state index contributed by atoms with van der Waals surface area (Å²) in [6, 6.07) is 12.8. The van der Waals surface area contributed by atoms with Crippen LogP contribution in [-0.4, -0.2) is 40.0 Å². The molecule has 0 saturated heterocycles. The van der Waals surface area contributed by atoms with Gasteiger partial charge < -0.3 is 15.0 Å². The van der Waals surface area contributed by atoms with Gasteiger partial charge >= 0.3 is 0 Å². The summed E-state index contributed by atoms with van der Waals surface area (Å²) >= 11 is 0. The van der Waals surface area contributed by atoms with Gasteiger partial charge in [-0.05, 0) is 55.0 Å². The van der Waals surface area contributed by atoms with E-state index in [4.69, 9.17) is 0 Å². The van der Waals surface area contributed by atoms with Gasteiger partial charge in [-0.25, -0.2) is 0 Å². The number of hydrogen-bond donors (Lipinski definition) is 2. The number of aliphatic hydroxyl groups is 1. The summed E-state index contributed by atoms with van der Waals surface area (Å²) in [4.78, 5) is 20.5. The van der Waals surface area contributed by atoms with E-state index in [2.05, 4.69) is 48.0 Å². The Morgan fingerprint density at radius 3 is 2.94 bits per heavy atom. The van der Waals surface area contributed by atoms with Crippen LogP contribution in [0.25, 0.3) is 10.9 Å². The number of hydrogen-bond acceptors (Lipinski definition) is 3. The Morgan fingerprint density at radius 2 is 2.12 bits per heavy atom. The number of β-amino-alcohol motifs (C(OH)–C–C–N with tert-alkyl or cyclic N) is 1. The third-order valence-electron chi connectivity index (χ3n) is 7.17. The Hall–Kier alpha value is -2.63. The summed E-state index contributed by atoms with van der Waals surface area (Å²) < 4.78 is 0. The molecule has 1 amide bonds. The number of para-hydroxylation sites is 1. The molecular weight excluding hydrogens is 398 g/mol. The highest BCUT2D eigenvalue weighted by Gasteiger charge is 2.31. The van der Waals surface area contributed by atoms with Crippen molar-refractivity contribution in [1.29, 1.82) is 0 Å². The Balaban J connectivity index is 1.32. The molecule has 3 aromatic rings. The smallest absolute Gasteiger partial charge is 0.227 e. The number of H-pyrrole nitrogens is 1. The van der Waals surface area contributed by atoms with Crippen molar-refractivity contribution in [2.24, 2.45) is 0 Å². The highest BCUT2D eigenvalue weighted by atomic mass is 16.3. The normalized spacial score (nSPS) is 19.2. The molecule has 2 atom stereocenters. The Labute approximate surface area is 190 Å². The number of benzene rings is 2. The zero-order valence-corrected chi connectivity index (χ0v) is 19.3. The van der Waals surface area contributed by atoms with Crippen molar-refractivity contribution in [3.05, 3.63) is 64.3 Å². The van der Waals surface area contributed by atoms with Crippen LogP contribution >= 0.6 is 0 Å². The summed E-state index contributed by atoms with van der Waals surface area (Å²) in [5.41, 5.74) is 8.37. The molecule has 0 unspecified atom stereocenters. The SMILES string of the molecule is CCCC(=O)N1c2ccc([C@@H](O)CN3CCc4[nH]c5c(C)cccc5c4C3)cc2C[C@@H]1C. The second-order valence-electron chi connectivity index (χ2n) is 9.54. The molecule has 0 radical (unpaired) electrons. The summed E-state index contributed by atoms with van der Waals surface area (Å²) in [7, 11) is 0. The van der Waals surface area contributed by atoms with Gasteiger partial charge in [0.05, 0.1) is 6.10 Å². The third-order valence-corrected chi connectivity index (χ3v) is 7.17. The lowest BCUT2D eigenvalue weighted by Gasteiger charge is -2.29. The standard InChI is InChI=1S/C27H33N3O2/c1-4-6-26(32)30-18(3)13-20-14-19(9-10-24(20)30)25(31)16-29-12-11-23-22(15-29)21-8-5-7-17(2)27(21)28-23/h5,7-10,14,18,25,28,31H,4,6,11-13,15-16H2,1-3H3/t18-,25-/m0/s1. The van der Waals surface area contributed by atoms with E-state index >= 15 is 0 Å². The molecule has 32 heavy (non-hydrogen) atoms. The van der Waals surface area contributed by atoms with Crippen LogP contribution in [-0.2, 0) is 24.2 Å². The number of carbonyl (C=O) groups excluding carboxylic acids is 1. The lowest BCUT2D eigenvalue weighted by Crippen LogP contribution is -2.35. The molecule has 0 spiro atoms. The predicted octanol–water partition coefficient (Wildman–Crippen LogP) is 4.65. The lowest BCUT2D eigenvalue weighted by molar-refractivity contribution is -0.118. The molecule has 1 aromatic heterocycles. The Morgan fingerprint density at radius 1 is 1.28 bits per heavy atom. The molecule has 2 aliphatic heterocycles. The fraction of sp³-hybridized carbons (Fsp3) is 0.444. The molecule has 2 aromatic carbocycles. The van der Waals surface area contributed by atoms with Crippen molar-refractivity contribution < 1.29 is 9.90 Å². The molecule has 5 rings (SSSR count). The first-order chi connectivity index (χ1) is 15.5. The first kappa shape index (κ1) is 21.2. The number of fused-ring (bicyclic) bond motifs is 4. The number of aromatic nitrogens is 1. The van der Waals surface area contributed by atoms with E-state index in [9.17, 15) is 9.90 Å². The maximum atomic E-state index is 12.6. The topological polar surface area (TPSA) is 59.6 Å².